The summed E-state index contributed by atoms with van der Waals surface area (Å²) in [6.45, 7) is 2.12. The maximum Gasteiger partial charge on any atom is 0.145 e. The molecule has 94 valence electrons. The van der Waals surface area contributed by atoms with E-state index in [1.54, 1.807) is 0 Å². The number of hydrogen-bond acceptors (Lipinski definition) is 4. The van der Waals surface area contributed by atoms with E-state index in [9.17, 15) is 0 Å². The van der Waals surface area contributed by atoms with E-state index in [1.165, 1.54) is 19.4 Å². The van der Waals surface area contributed by atoms with Gasteiger partial charge in [-0.15, -0.1) is 0 Å². The van der Waals surface area contributed by atoms with Crippen molar-refractivity contribution in [2.24, 2.45) is 0 Å². The Balaban J connectivity index is 1.60. The Morgan fingerprint density at radius 2 is 2.17 bits per heavy atom. The van der Waals surface area contributed by atoms with Crippen LogP contribution in [0.5, 0.6) is 0 Å². The number of nitrogens with one attached hydrogen (secondary N) is 2. The Morgan fingerprint density at radius 1 is 1.28 bits per heavy atom. The van der Waals surface area contributed by atoms with Crippen molar-refractivity contribution in [3.8, 4) is 0 Å². The Labute approximate surface area is 107 Å². The van der Waals surface area contributed by atoms with Crippen LogP contribution in [0.1, 0.15) is 19.3 Å². The lowest BCUT2D eigenvalue weighted by Gasteiger charge is -2.11. The van der Waals surface area contributed by atoms with E-state index >= 15 is 0 Å². The first-order valence-electron chi connectivity index (χ1n) is 6.61. The van der Waals surface area contributed by atoms with Gasteiger partial charge in [-0.05, 0) is 37.9 Å². The molecule has 1 aromatic carbocycles. The molecule has 0 amide bonds. The standard InChI is InChI=1S/C14H18N4/c1-2-6-13-12(5-1)17-10-14(18-13)16-9-7-11-4-3-8-15-11/h1-2,5-6,10-11,15H,3-4,7-9H2,(H,16,18). The summed E-state index contributed by atoms with van der Waals surface area (Å²) in [6.07, 6.45) is 5.56. The minimum absolute atomic E-state index is 0.672. The maximum atomic E-state index is 4.55. The average molecular weight is 242 g/mol. The molecule has 1 aromatic heterocycles. The van der Waals surface area contributed by atoms with Gasteiger partial charge in [0, 0.05) is 12.6 Å². The Hall–Kier alpha value is -1.68. The van der Waals surface area contributed by atoms with E-state index in [4.69, 9.17) is 0 Å². The third kappa shape index (κ3) is 2.59. The molecule has 2 heterocycles. The van der Waals surface area contributed by atoms with E-state index in [1.807, 2.05) is 30.5 Å². The summed E-state index contributed by atoms with van der Waals surface area (Å²) in [7, 11) is 0. The molecule has 0 radical (unpaired) electrons. The van der Waals surface area contributed by atoms with Crippen LogP contribution in [0.15, 0.2) is 30.5 Å². The van der Waals surface area contributed by atoms with Gasteiger partial charge in [-0.2, -0.15) is 0 Å². The molecule has 4 nitrogen and oxygen atoms in total. The van der Waals surface area contributed by atoms with Crippen LogP contribution in [0.2, 0.25) is 0 Å². The van der Waals surface area contributed by atoms with E-state index in [-0.39, 0.29) is 0 Å². The summed E-state index contributed by atoms with van der Waals surface area (Å²) in [4.78, 5) is 8.94. The minimum atomic E-state index is 0.672. The number of fused-ring (bicyclic) bond motifs is 1. The smallest absolute Gasteiger partial charge is 0.145 e. The van der Waals surface area contributed by atoms with Gasteiger partial charge in [-0.25, -0.2) is 4.98 Å². The van der Waals surface area contributed by atoms with Crippen molar-refractivity contribution in [1.82, 2.24) is 15.3 Å². The molecule has 2 N–H and O–H groups in total. The van der Waals surface area contributed by atoms with Crippen molar-refractivity contribution < 1.29 is 0 Å². The largest absolute Gasteiger partial charge is 0.369 e. The van der Waals surface area contributed by atoms with Crippen LogP contribution in [-0.4, -0.2) is 29.1 Å². The second-order valence-electron chi connectivity index (χ2n) is 4.75. The van der Waals surface area contributed by atoms with Crippen LogP contribution in [0, 0.1) is 0 Å². The summed E-state index contributed by atoms with van der Waals surface area (Å²) in [5, 5.41) is 6.85. The van der Waals surface area contributed by atoms with Crippen LogP contribution in [0.3, 0.4) is 0 Å². The molecular weight excluding hydrogens is 224 g/mol. The molecule has 1 atom stereocenters. The number of aromatic nitrogens is 2. The summed E-state index contributed by atoms with van der Waals surface area (Å²) in [6, 6.07) is 8.62. The van der Waals surface area contributed by atoms with E-state index in [0.29, 0.717) is 6.04 Å². The molecule has 1 saturated heterocycles. The highest BCUT2D eigenvalue weighted by Crippen LogP contribution is 2.12. The van der Waals surface area contributed by atoms with Crippen LogP contribution >= 0.6 is 0 Å². The van der Waals surface area contributed by atoms with Crippen LogP contribution in [0.25, 0.3) is 11.0 Å². The van der Waals surface area contributed by atoms with Gasteiger partial charge in [-0.3, -0.25) is 4.98 Å². The van der Waals surface area contributed by atoms with Crippen LogP contribution in [0.4, 0.5) is 5.82 Å². The third-order valence-corrected chi connectivity index (χ3v) is 3.41. The Kier molecular flexibility index (Phi) is 3.37. The first kappa shape index (κ1) is 11.4. The zero-order valence-corrected chi connectivity index (χ0v) is 10.4. The Morgan fingerprint density at radius 3 is 3.00 bits per heavy atom. The molecule has 1 aliphatic rings. The van der Waals surface area contributed by atoms with E-state index < -0.39 is 0 Å². The number of rotatable bonds is 4. The lowest BCUT2D eigenvalue weighted by atomic mass is 10.1. The molecule has 0 bridgehead atoms. The normalized spacial score (nSPS) is 19.2. The van der Waals surface area contributed by atoms with Gasteiger partial charge in [0.05, 0.1) is 17.2 Å². The number of benzene rings is 1. The molecule has 1 fully saturated rings. The van der Waals surface area contributed by atoms with Gasteiger partial charge in [0.25, 0.3) is 0 Å². The highest BCUT2D eigenvalue weighted by atomic mass is 15.0. The molecule has 2 aromatic rings. The SMILES string of the molecule is c1ccc2nc(NCCC3CCCN3)cnc2c1. The second-order valence-corrected chi connectivity index (χ2v) is 4.75. The van der Waals surface area contributed by atoms with Crippen molar-refractivity contribution in [1.29, 1.82) is 0 Å². The van der Waals surface area contributed by atoms with E-state index in [2.05, 4.69) is 20.6 Å². The molecule has 0 spiro atoms. The molecule has 18 heavy (non-hydrogen) atoms. The molecule has 1 unspecified atom stereocenters. The molecular formula is C14H18N4. The first-order chi connectivity index (χ1) is 8.92. The van der Waals surface area contributed by atoms with Crippen molar-refractivity contribution >= 4 is 16.9 Å². The summed E-state index contributed by atoms with van der Waals surface area (Å²) < 4.78 is 0. The monoisotopic (exact) mass is 242 g/mol. The van der Waals surface area contributed by atoms with Crippen LogP contribution < -0.4 is 10.6 Å². The van der Waals surface area contributed by atoms with Gasteiger partial charge < -0.3 is 10.6 Å². The highest BCUT2D eigenvalue weighted by molar-refractivity contribution is 5.75. The predicted octanol–water partition coefficient (Wildman–Crippen LogP) is 2.18. The summed E-state index contributed by atoms with van der Waals surface area (Å²) >= 11 is 0. The maximum absolute atomic E-state index is 4.55. The van der Waals surface area contributed by atoms with Gasteiger partial charge in [0.15, 0.2) is 0 Å². The van der Waals surface area contributed by atoms with Gasteiger partial charge in [0.1, 0.15) is 5.82 Å². The van der Waals surface area contributed by atoms with Crippen molar-refractivity contribution in [2.75, 3.05) is 18.4 Å². The molecule has 4 heteroatoms. The van der Waals surface area contributed by atoms with Crippen molar-refractivity contribution in [3.05, 3.63) is 30.5 Å². The van der Waals surface area contributed by atoms with Gasteiger partial charge in [-0.1, -0.05) is 12.1 Å². The number of hydrogen-bond donors (Lipinski definition) is 2. The fraction of sp³-hybridized carbons (Fsp3) is 0.429. The number of anilines is 1. The number of nitrogens with zero attached hydrogens (tertiary/aromatic N) is 2. The van der Waals surface area contributed by atoms with Gasteiger partial charge in [0.2, 0.25) is 0 Å². The fourth-order valence-electron chi connectivity index (χ4n) is 2.42. The van der Waals surface area contributed by atoms with Crippen molar-refractivity contribution in [3.63, 3.8) is 0 Å². The quantitative estimate of drug-likeness (QED) is 0.863. The fourth-order valence-corrected chi connectivity index (χ4v) is 2.42. The van der Waals surface area contributed by atoms with Gasteiger partial charge >= 0.3 is 0 Å². The lowest BCUT2D eigenvalue weighted by molar-refractivity contribution is 0.574. The minimum Gasteiger partial charge on any atom is -0.369 e. The number of para-hydroxylation sites is 2. The molecule has 3 rings (SSSR count). The highest BCUT2D eigenvalue weighted by Gasteiger charge is 2.12. The topological polar surface area (TPSA) is 49.8 Å². The zero-order chi connectivity index (χ0) is 12.2. The summed E-state index contributed by atoms with van der Waals surface area (Å²) in [5.74, 6) is 0.867. The molecule has 1 aliphatic heterocycles. The Bertz CT molecular complexity index is 520. The predicted molar refractivity (Wildman–Crippen MR) is 73.7 cm³/mol. The van der Waals surface area contributed by atoms with E-state index in [0.717, 1.165) is 29.8 Å². The zero-order valence-electron chi connectivity index (χ0n) is 10.4. The average Bonchev–Trinajstić information content (AvgIpc) is 2.92. The molecule has 0 aliphatic carbocycles. The second kappa shape index (κ2) is 5.31. The first-order valence-corrected chi connectivity index (χ1v) is 6.61. The summed E-state index contributed by atoms with van der Waals surface area (Å²) in [5.41, 5.74) is 1.89. The third-order valence-electron chi connectivity index (χ3n) is 3.41. The lowest BCUT2D eigenvalue weighted by Crippen LogP contribution is -2.24. The van der Waals surface area contributed by atoms with Crippen LogP contribution in [-0.2, 0) is 0 Å². The molecule has 0 saturated carbocycles. The van der Waals surface area contributed by atoms with Crippen molar-refractivity contribution in [2.45, 2.75) is 25.3 Å².